The SMILES string of the molecule is CCCCCCCCCCCCCCCC(=O)Nc1ccc(Cl)c(N/C(=C/C(=O)O)OCC)c1. The molecule has 0 fully saturated rings. The lowest BCUT2D eigenvalue weighted by molar-refractivity contribution is -0.131. The topological polar surface area (TPSA) is 87.7 Å². The number of carboxylic acid groups (broad SMARTS) is 1. The van der Waals surface area contributed by atoms with E-state index >= 15 is 0 Å². The molecule has 0 saturated carbocycles. The van der Waals surface area contributed by atoms with Crippen LogP contribution < -0.4 is 10.6 Å². The van der Waals surface area contributed by atoms with Crippen LogP contribution in [0, 0.1) is 0 Å². The van der Waals surface area contributed by atoms with Gasteiger partial charge in [0.05, 0.1) is 23.4 Å². The molecule has 1 aromatic rings. The van der Waals surface area contributed by atoms with Crippen LogP contribution in [0.15, 0.2) is 30.2 Å². The predicted octanol–water partition coefficient (Wildman–Crippen LogP) is 8.13. The van der Waals surface area contributed by atoms with Gasteiger partial charge in [0, 0.05) is 12.1 Å². The number of amides is 1. The summed E-state index contributed by atoms with van der Waals surface area (Å²) in [6, 6.07) is 5.03. The summed E-state index contributed by atoms with van der Waals surface area (Å²) >= 11 is 6.21. The van der Waals surface area contributed by atoms with Crippen LogP contribution in [0.25, 0.3) is 0 Å². The maximum Gasteiger partial charge on any atom is 0.333 e. The molecule has 1 amide bonds. The van der Waals surface area contributed by atoms with Crippen LogP contribution in [0.2, 0.25) is 5.02 Å². The highest BCUT2D eigenvalue weighted by Crippen LogP contribution is 2.27. The lowest BCUT2D eigenvalue weighted by Crippen LogP contribution is -2.12. The zero-order valence-corrected chi connectivity index (χ0v) is 21.7. The second-order valence-corrected chi connectivity index (χ2v) is 9.05. The molecule has 192 valence electrons. The van der Waals surface area contributed by atoms with E-state index in [4.69, 9.17) is 21.4 Å². The van der Waals surface area contributed by atoms with Gasteiger partial charge in [-0.25, -0.2) is 4.79 Å². The number of anilines is 2. The number of aliphatic carboxylic acids is 1. The average molecular weight is 495 g/mol. The third-order valence-corrected chi connectivity index (χ3v) is 5.90. The third kappa shape index (κ3) is 14.8. The third-order valence-electron chi connectivity index (χ3n) is 5.57. The zero-order chi connectivity index (χ0) is 25.0. The van der Waals surface area contributed by atoms with E-state index in [1.165, 1.54) is 70.6 Å². The molecule has 7 heteroatoms. The van der Waals surface area contributed by atoms with Crippen LogP contribution in [-0.4, -0.2) is 23.6 Å². The molecule has 0 bridgehead atoms. The number of unbranched alkanes of at least 4 members (excludes halogenated alkanes) is 12. The van der Waals surface area contributed by atoms with Gasteiger partial charge in [0.2, 0.25) is 5.91 Å². The second kappa shape index (κ2) is 19.1. The van der Waals surface area contributed by atoms with Crippen molar-refractivity contribution in [2.45, 2.75) is 104 Å². The van der Waals surface area contributed by atoms with E-state index in [9.17, 15) is 9.59 Å². The number of benzene rings is 1. The van der Waals surface area contributed by atoms with Crippen molar-refractivity contribution in [1.82, 2.24) is 0 Å². The first-order valence-corrected chi connectivity index (χ1v) is 13.3. The van der Waals surface area contributed by atoms with Crippen molar-refractivity contribution >= 4 is 34.9 Å². The Kier molecular flexibility index (Phi) is 16.8. The first kappa shape index (κ1) is 29.8. The summed E-state index contributed by atoms with van der Waals surface area (Å²) < 4.78 is 5.29. The Balaban J connectivity index is 2.24. The first-order chi connectivity index (χ1) is 16.5. The number of carbonyl (C=O) groups is 2. The summed E-state index contributed by atoms with van der Waals surface area (Å²) in [7, 11) is 0. The van der Waals surface area contributed by atoms with Crippen molar-refractivity contribution in [2.24, 2.45) is 0 Å². The highest BCUT2D eigenvalue weighted by molar-refractivity contribution is 6.33. The van der Waals surface area contributed by atoms with Crippen molar-refractivity contribution in [3.8, 4) is 0 Å². The maximum atomic E-state index is 12.3. The van der Waals surface area contributed by atoms with Crippen molar-refractivity contribution in [1.29, 1.82) is 0 Å². The van der Waals surface area contributed by atoms with E-state index in [1.54, 1.807) is 25.1 Å². The lowest BCUT2D eigenvalue weighted by Gasteiger charge is -2.14. The Morgan fingerprint density at radius 2 is 1.44 bits per heavy atom. The predicted molar refractivity (Wildman–Crippen MR) is 141 cm³/mol. The number of hydrogen-bond acceptors (Lipinski definition) is 4. The fourth-order valence-electron chi connectivity index (χ4n) is 3.74. The number of rotatable bonds is 20. The molecular weight excluding hydrogens is 452 g/mol. The van der Waals surface area contributed by atoms with Gasteiger partial charge in [0.15, 0.2) is 5.88 Å². The summed E-state index contributed by atoms with van der Waals surface area (Å²) in [6.07, 6.45) is 18.0. The van der Waals surface area contributed by atoms with E-state index in [-0.39, 0.29) is 11.8 Å². The molecule has 0 atom stereocenters. The molecule has 0 aliphatic rings. The molecule has 0 saturated heterocycles. The standard InChI is InChI=1S/C27H43ClN2O4/c1-3-5-6-7-8-9-10-11-12-13-14-15-16-17-25(31)29-22-18-19-23(28)24(20-22)30-26(34-4-2)21-27(32)33/h18-21,30H,3-17H2,1-2H3,(H,29,31)(H,32,33)/b26-21-. The smallest absolute Gasteiger partial charge is 0.333 e. The monoisotopic (exact) mass is 494 g/mol. The number of halogens is 1. The number of carboxylic acids is 1. The lowest BCUT2D eigenvalue weighted by atomic mass is 10.0. The Bertz CT molecular complexity index is 752. The quantitative estimate of drug-likeness (QED) is 0.0966. The highest BCUT2D eigenvalue weighted by atomic mass is 35.5. The van der Waals surface area contributed by atoms with Gasteiger partial charge in [0.1, 0.15) is 0 Å². The molecule has 0 aromatic heterocycles. The molecule has 0 heterocycles. The van der Waals surface area contributed by atoms with Gasteiger partial charge >= 0.3 is 5.97 Å². The minimum absolute atomic E-state index is 0.0394. The fourth-order valence-corrected chi connectivity index (χ4v) is 3.90. The summed E-state index contributed by atoms with van der Waals surface area (Å²) in [5.41, 5.74) is 1.05. The molecule has 0 unspecified atom stereocenters. The van der Waals surface area contributed by atoms with Crippen molar-refractivity contribution < 1.29 is 19.4 Å². The van der Waals surface area contributed by atoms with Crippen LogP contribution >= 0.6 is 11.6 Å². The molecule has 0 spiro atoms. The molecule has 1 aromatic carbocycles. The van der Waals surface area contributed by atoms with E-state index in [0.717, 1.165) is 18.9 Å². The van der Waals surface area contributed by atoms with Crippen molar-refractivity contribution in [2.75, 3.05) is 17.2 Å². The van der Waals surface area contributed by atoms with E-state index in [1.807, 2.05) is 0 Å². The number of nitrogens with one attached hydrogen (secondary N) is 2. The minimum atomic E-state index is -1.13. The van der Waals surface area contributed by atoms with E-state index < -0.39 is 5.97 Å². The normalized spacial score (nSPS) is 11.3. The molecule has 0 aliphatic carbocycles. The van der Waals surface area contributed by atoms with Gasteiger partial charge in [0.25, 0.3) is 0 Å². The summed E-state index contributed by atoms with van der Waals surface area (Å²) in [5, 5.41) is 15.1. The highest BCUT2D eigenvalue weighted by Gasteiger charge is 2.09. The van der Waals surface area contributed by atoms with Crippen LogP contribution in [0.4, 0.5) is 11.4 Å². The largest absolute Gasteiger partial charge is 0.479 e. The van der Waals surface area contributed by atoms with E-state index in [0.29, 0.717) is 29.4 Å². The Morgan fingerprint density at radius 1 is 0.882 bits per heavy atom. The van der Waals surface area contributed by atoms with Gasteiger partial charge in [-0.15, -0.1) is 0 Å². The average Bonchev–Trinajstić information content (AvgIpc) is 2.79. The molecule has 0 aliphatic heterocycles. The summed E-state index contributed by atoms with van der Waals surface area (Å²) in [5.74, 6) is -1.09. The maximum absolute atomic E-state index is 12.3. The Labute approximate surface area is 210 Å². The summed E-state index contributed by atoms with van der Waals surface area (Å²) in [6.45, 7) is 4.32. The molecule has 0 radical (unpaired) electrons. The number of ether oxygens (including phenoxy) is 1. The van der Waals surface area contributed by atoms with Gasteiger partial charge in [-0.05, 0) is 31.5 Å². The minimum Gasteiger partial charge on any atom is -0.479 e. The van der Waals surface area contributed by atoms with Crippen molar-refractivity contribution in [3.05, 3.63) is 35.2 Å². The second-order valence-electron chi connectivity index (χ2n) is 8.64. The molecule has 34 heavy (non-hydrogen) atoms. The summed E-state index contributed by atoms with van der Waals surface area (Å²) in [4.78, 5) is 23.3. The van der Waals surface area contributed by atoms with Gasteiger partial charge in [-0.1, -0.05) is 95.6 Å². The molecule has 6 nitrogen and oxygen atoms in total. The van der Waals surface area contributed by atoms with Crippen LogP contribution in [-0.2, 0) is 14.3 Å². The van der Waals surface area contributed by atoms with Crippen molar-refractivity contribution in [3.63, 3.8) is 0 Å². The van der Waals surface area contributed by atoms with Crippen LogP contribution in [0.5, 0.6) is 0 Å². The molecular formula is C27H43ClN2O4. The van der Waals surface area contributed by atoms with Crippen LogP contribution in [0.1, 0.15) is 104 Å². The Morgan fingerprint density at radius 3 is 1.97 bits per heavy atom. The van der Waals surface area contributed by atoms with E-state index in [2.05, 4.69) is 17.6 Å². The first-order valence-electron chi connectivity index (χ1n) is 12.9. The van der Waals surface area contributed by atoms with Gasteiger partial charge in [-0.2, -0.15) is 0 Å². The van der Waals surface area contributed by atoms with Gasteiger partial charge < -0.3 is 20.5 Å². The Hall–Kier alpha value is -2.21. The molecule has 1 rings (SSSR count). The zero-order valence-electron chi connectivity index (χ0n) is 21.0. The van der Waals surface area contributed by atoms with Gasteiger partial charge in [-0.3, -0.25) is 4.79 Å². The molecule has 3 N–H and O–H groups in total. The number of carbonyl (C=O) groups excluding carboxylic acids is 1. The van der Waals surface area contributed by atoms with Crippen LogP contribution in [0.3, 0.4) is 0 Å². The fraction of sp³-hybridized carbons (Fsp3) is 0.630. The number of hydrogen-bond donors (Lipinski definition) is 3.